The third-order valence-electron chi connectivity index (χ3n) is 4.62. The van der Waals surface area contributed by atoms with Crippen LogP contribution in [0.15, 0.2) is 30.6 Å². The average Bonchev–Trinajstić information content (AvgIpc) is 3.82. The zero-order chi connectivity index (χ0) is 33.8. The van der Waals surface area contributed by atoms with Crippen molar-refractivity contribution < 1.29 is 60.3 Å². The zero-order valence-corrected chi connectivity index (χ0v) is 37.3. The molecule has 0 fully saturated rings. The minimum absolute atomic E-state index is 0. The van der Waals surface area contributed by atoms with E-state index in [4.69, 9.17) is 0 Å². The van der Waals surface area contributed by atoms with Crippen LogP contribution in [-0.4, -0.2) is 140 Å². The van der Waals surface area contributed by atoms with Crippen LogP contribution < -0.4 is 0 Å². The first kappa shape index (κ1) is 60.6. The van der Waals surface area contributed by atoms with Gasteiger partial charge in [0.25, 0.3) is 0 Å². The van der Waals surface area contributed by atoms with Crippen molar-refractivity contribution in [3.8, 4) is 0 Å². The maximum absolute atomic E-state index is 4.02. The van der Waals surface area contributed by atoms with Crippen molar-refractivity contribution >= 4 is 38.0 Å². The molecule has 0 unspecified atom stereocenters. The van der Waals surface area contributed by atoms with Gasteiger partial charge in [-0.15, -0.1) is 40.0 Å². The molecule has 6 heterocycles. The fourth-order valence-corrected chi connectivity index (χ4v) is 2.91. The van der Waals surface area contributed by atoms with Gasteiger partial charge in [0, 0.05) is 60.3 Å². The molecule has 0 aliphatic carbocycles. The van der Waals surface area contributed by atoms with E-state index in [0.29, 0.717) is 0 Å². The van der Waals surface area contributed by atoms with Gasteiger partial charge in [-0.3, -0.25) is 0 Å². The summed E-state index contributed by atoms with van der Waals surface area (Å²) in [5, 5.41) is 45.4. The largest absolute Gasteiger partial charge is 0.431 e. The Labute approximate surface area is 352 Å². The third kappa shape index (κ3) is 24.4. The first-order valence-electron chi connectivity index (χ1n) is 14.9. The van der Waals surface area contributed by atoms with Crippen LogP contribution in [0.2, 0.25) is 0 Å². The Kier molecular flexibility index (Phi) is 41.2. The Bertz CT molecular complexity index is 782. The van der Waals surface area contributed by atoms with Crippen LogP contribution in [0.4, 0.5) is 0 Å². The fraction of sp³-hybridized carbons (Fsp3) is 0.600. The Morgan fingerprint density at radius 2 is 0.412 bits per heavy atom. The minimum atomic E-state index is 0. The van der Waals surface area contributed by atoms with Crippen molar-refractivity contribution in [2.24, 2.45) is 30.6 Å². The topological polar surface area (TPSA) is 113 Å². The Balaban J connectivity index is -0.000000127. The number of hydrogen-bond acceptors (Lipinski definition) is 18. The Hall–Kier alpha value is -2.43. The summed E-state index contributed by atoms with van der Waals surface area (Å²) in [5.74, 6) is 0. The quantitative estimate of drug-likeness (QED) is 0.365. The van der Waals surface area contributed by atoms with E-state index in [-0.39, 0.29) is 82.6 Å². The summed E-state index contributed by atoms with van der Waals surface area (Å²) in [7, 11) is 11.2. The molecule has 6 rings (SSSR count). The molecule has 0 aromatic heterocycles. The molecule has 18 nitrogen and oxygen atoms in total. The molecule has 0 N–H and O–H groups in total. The number of hydrogen-bond donors (Lipinski definition) is 0. The summed E-state index contributed by atoms with van der Waals surface area (Å²) in [4.78, 5) is 0. The van der Waals surface area contributed by atoms with Gasteiger partial charge in [0.15, 0.2) is 0 Å². The van der Waals surface area contributed by atoms with Crippen LogP contribution in [0.5, 0.6) is 0 Å². The van der Waals surface area contributed by atoms with Crippen molar-refractivity contribution in [1.82, 2.24) is 60.1 Å². The van der Waals surface area contributed by atoms with Gasteiger partial charge in [-0.2, -0.15) is 30.6 Å². The standard InChI is InChI=1S/3C6H10N6.3C3H8.3CH4.3Ir/c3*1-9-5-11(3-7-9)12-4-8-10(2)6-12;3*1-3-2;;;;;;/h3*3-6H,1-2H3;3*3H2,1-2H3;3*1H4;;;/q3*-2;;;;;;;;;. The normalized spacial score (nSPS) is 16.5. The number of rotatable bonds is 3. The predicted molar refractivity (Wildman–Crippen MR) is 202 cm³/mol. The summed E-state index contributed by atoms with van der Waals surface area (Å²) in [6.07, 6.45) is 14.0. The third-order valence-corrected chi connectivity index (χ3v) is 4.62. The van der Waals surface area contributed by atoms with E-state index < -0.39 is 0 Å². The maximum Gasteiger partial charge on any atom is 0.0962 e. The van der Waals surface area contributed by atoms with Gasteiger partial charge < -0.3 is 60.1 Å². The summed E-state index contributed by atoms with van der Waals surface area (Å²) in [6, 6.07) is 0. The summed E-state index contributed by atoms with van der Waals surface area (Å²) >= 11 is 0. The first-order chi connectivity index (χ1) is 21.5. The molecule has 0 saturated heterocycles. The SMILES string of the molecule is C.C.C.CCC.CCC.CCC.CN1[CH-]N(N2C=NN(C)[CH-]2)C=N1.CN1[CH-]N(N2C=NN(C)[CH-]2)C=N1.CN1[CH-]N(N2C=NN(C)[CH-]2)C=N1.[Ir].[Ir].[Ir]. The van der Waals surface area contributed by atoms with Crippen LogP contribution in [0.25, 0.3) is 0 Å². The van der Waals surface area contributed by atoms with Crippen molar-refractivity contribution in [3.63, 3.8) is 0 Å². The second-order valence-corrected chi connectivity index (χ2v) is 9.92. The van der Waals surface area contributed by atoms with E-state index in [1.54, 1.807) is 68.1 Å². The number of nitrogens with zero attached hydrogens (tertiary/aromatic N) is 18. The monoisotopic (exact) mass is 1260 g/mol. The molecule has 0 spiro atoms. The molecule has 3 radical (unpaired) electrons. The van der Waals surface area contributed by atoms with Crippen LogP contribution >= 0.6 is 0 Å². The van der Waals surface area contributed by atoms with Crippen LogP contribution in [0, 0.1) is 40.0 Å². The molecule has 0 saturated carbocycles. The molecule has 6 aliphatic rings. The summed E-state index contributed by atoms with van der Waals surface area (Å²) in [6.45, 7) is 23.8. The van der Waals surface area contributed by atoms with E-state index >= 15 is 0 Å². The van der Waals surface area contributed by atoms with Crippen LogP contribution in [0.1, 0.15) is 83.1 Å². The molecule has 6 aliphatic heterocycles. The van der Waals surface area contributed by atoms with E-state index in [0.717, 1.165) is 0 Å². The van der Waals surface area contributed by atoms with Gasteiger partial charge in [-0.1, -0.05) is 83.1 Å². The van der Waals surface area contributed by atoms with Gasteiger partial charge in [0.1, 0.15) is 0 Å². The minimum Gasteiger partial charge on any atom is -0.431 e. The molecule has 51 heavy (non-hydrogen) atoms. The molecule has 0 atom stereocenters. The summed E-state index contributed by atoms with van der Waals surface area (Å²) < 4.78 is 0. The second kappa shape index (κ2) is 34.6. The zero-order valence-electron chi connectivity index (χ0n) is 30.1. The van der Waals surface area contributed by atoms with E-state index in [1.165, 1.54) is 19.3 Å². The van der Waals surface area contributed by atoms with Gasteiger partial charge >= 0.3 is 0 Å². The fourth-order valence-electron chi connectivity index (χ4n) is 2.91. The van der Waals surface area contributed by atoms with Crippen LogP contribution in [0.3, 0.4) is 0 Å². The predicted octanol–water partition coefficient (Wildman–Crippen LogP) is 4.71. The summed E-state index contributed by atoms with van der Waals surface area (Å²) in [5.41, 5.74) is 0. The molecule has 21 heteroatoms. The first-order valence-corrected chi connectivity index (χ1v) is 14.9. The van der Waals surface area contributed by atoms with Crippen molar-refractivity contribution in [2.75, 3.05) is 42.3 Å². The molecule has 0 aromatic rings. The average molecular weight is 1260 g/mol. The second-order valence-electron chi connectivity index (χ2n) is 9.92. The van der Waals surface area contributed by atoms with E-state index in [9.17, 15) is 0 Å². The van der Waals surface area contributed by atoms with Gasteiger partial charge in [-0.25, -0.2) is 0 Å². The van der Waals surface area contributed by atoms with E-state index in [1.807, 2.05) is 112 Å². The van der Waals surface area contributed by atoms with Crippen molar-refractivity contribution in [3.05, 3.63) is 40.0 Å². The maximum atomic E-state index is 4.02. The molecule has 0 bridgehead atoms. The van der Waals surface area contributed by atoms with Gasteiger partial charge in [0.05, 0.1) is 38.0 Å². The number of hydrazone groups is 6. The number of hydrazine groups is 3. The smallest absolute Gasteiger partial charge is 0.0962 e. The molecule has 0 aromatic carbocycles. The molecule has 0 amide bonds. The molecular formula is C30H66Ir3N18-6. The van der Waals surface area contributed by atoms with Gasteiger partial charge in [0.2, 0.25) is 0 Å². The molecule has 309 valence electrons. The van der Waals surface area contributed by atoms with Crippen molar-refractivity contribution in [2.45, 2.75) is 83.1 Å². The Morgan fingerprint density at radius 3 is 0.471 bits per heavy atom. The van der Waals surface area contributed by atoms with Crippen molar-refractivity contribution in [1.29, 1.82) is 0 Å². The molecular weight excluding hydrogens is 1190 g/mol. The van der Waals surface area contributed by atoms with Gasteiger partial charge in [-0.05, 0) is 42.3 Å². The van der Waals surface area contributed by atoms with Crippen LogP contribution in [-0.2, 0) is 60.3 Å². The van der Waals surface area contributed by atoms with E-state index in [2.05, 4.69) is 72.2 Å². The Morgan fingerprint density at radius 1 is 0.314 bits per heavy atom.